The molecule has 1 saturated carbocycles. The number of H-pyrrole nitrogens is 1. The summed E-state index contributed by atoms with van der Waals surface area (Å²) in [6.45, 7) is 0.620. The zero-order valence-electron chi connectivity index (χ0n) is 9.86. The molecule has 0 aromatic carbocycles. The van der Waals surface area contributed by atoms with Gasteiger partial charge in [0, 0.05) is 12.7 Å². The summed E-state index contributed by atoms with van der Waals surface area (Å²) in [7, 11) is 0. The van der Waals surface area contributed by atoms with E-state index in [-0.39, 0.29) is 11.2 Å². The van der Waals surface area contributed by atoms with E-state index < -0.39 is 0 Å². The molecular formula is C13H14BrN2O2. The number of aryl methyl sites for hydroxylation is 1. The number of hydrogen-bond acceptors (Lipinski definition) is 2. The molecule has 4 nitrogen and oxygen atoms in total. The lowest BCUT2D eigenvalue weighted by atomic mass is 10.0. The molecule has 1 N–H and O–H groups in total. The predicted octanol–water partition coefficient (Wildman–Crippen LogP) is 1.87. The molecule has 1 aromatic rings. The predicted molar refractivity (Wildman–Crippen MR) is 73.3 cm³/mol. The maximum atomic E-state index is 11.5. The zero-order valence-corrected chi connectivity index (χ0v) is 11.4. The third kappa shape index (κ3) is 3.57. The van der Waals surface area contributed by atoms with E-state index in [4.69, 9.17) is 0 Å². The van der Waals surface area contributed by atoms with Crippen LogP contribution in [-0.2, 0) is 6.54 Å². The Morgan fingerprint density at radius 2 is 1.89 bits per heavy atom. The molecule has 1 fully saturated rings. The minimum Gasteiger partial charge on any atom is -0.299 e. The van der Waals surface area contributed by atoms with Crippen molar-refractivity contribution in [1.29, 1.82) is 0 Å². The molecule has 1 heterocycles. The van der Waals surface area contributed by atoms with Gasteiger partial charge in [0.05, 0.1) is 4.47 Å². The standard InChI is InChI=1S/C13H14BrN2O2/c14-11-9-16(13(18)15-12(11)17)8-4-3-7-10-5-1-2-6-10/h1-2,5-6,9H,3-4,7-8H2,(H,15,17,18). The molecule has 0 aliphatic heterocycles. The first kappa shape index (κ1) is 13.6. The summed E-state index contributed by atoms with van der Waals surface area (Å²) in [5, 5.41) is 0. The minimum atomic E-state index is -0.381. The van der Waals surface area contributed by atoms with Crippen molar-refractivity contribution in [2.45, 2.75) is 25.8 Å². The van der Waals surface area contributed by atoms with Crippen molar-refractivity contribution in [3.8, 4) is 0 Å². The Morgan fingerprint density at radius 3 is 2.61 bits per heavy atom. The fourth-order valence-electron chi connectivity index (χ4n) is 1.84. The van der Waals surface area contributed by atoms with Gasteiger partial charge in [-0.2, -0.15) is 0 Å². The quantitative estimate of drug-likeness (QED) is 0.844. The largest absolute Gasteiger partial charge is 0.328 e. The first-order valence-corrected chi connectivity index (χ1v) is 6.66. The van der Waals surface area contributed by atoms with E-state index in [2.05, 4.69) is 33.8 Å². The Kier molecular flexibility index (Phi) is 4.80. The maximum absolute atomic E-state index is 11.5. The van der Waals surface area contributed by atoms with Crippen LogP contribution in [0.4, 0.5) is 0 Å². The highest BCUT2D eigenvalue weighted by molar-refractivity contribution is 9.10. The van der Waals surface area contributed by atoms with Crippen LogP contribution in [-0.4, -0.2) is 9.55 Å². The Balaban J connectivity index is 1.81. The van der Waals surface area contributed by atoms with Crippen LogP contribution in [0.1, 0.15) is 19.3 Å². The van der Waals surface area contributed by atoms with E-state index in [1.807, 2.05) is 12.8 Å². The molecule has 0 saturated heterocycles. The van der Waals surface area contributed by atoms with Gasteiger partial charge in [0.2, 0.25) is 0 Å². The lowest BCUT2D eigenvalue weighted by Crippen LogP contribution is -2.29. The van der Waals surface area contributed by atoms with Crippen LogP contribution in [0.3, 0.4) is 0 Å². The van der Waals surface area contributed by atoms with Gasteiger partial charge in [-0.05, 0) is 60.4 Å². The van der Waals surface area contributed by atoms with Gasteiger partial charge in [-0.3, -0.25) is 14.3 Å². The summed E-state index contributed by atoms with van der Waals surface area (Å²) in [6, 6.07) is 0. The number of hydrogen-bond donors (Lipinski definition) is 1. The van der Waals surface area contributed by atoms with Gasteiger partial charge in [0.15, 0.2) is 0 Å². The Bertz CT molecular complexity index is 500. The lowest BCUT2D eigenvalue weighted by molar-refractivity contribution is 0.571. The van der Waals surface area contributed by atoms with Crippen molar-refractivity contribution in [1.82, 2.24) is 9.55 Å². The van der Waals surface area contributed by atoms with Gasteiger partial charge in [-0.1, -0.05) is 6.42 Å². The van der Waals surface area contributed by atoms with Gasteiger partial charge >= 0.3 is 5.69 Å². The van der Waals surface area contributed by atoms with E-state index >= 15 is 0 Å². The molecule has 0 unspecified atom stereocenters. The van der Waals surface area contributed by atoms with E-state index in [1.54, 1.807) is 6.20 Å². The normalized spacial score (nSPS) is 16.3. The smallest absolute Gasteiger partial charge is 0.299 e. The van der Waals surface area contributed by atoms with Crippen molar-refractivity contribution < 1.29 is 0 Å². The van der Waals surface area contributed by atoms with E-state index in [1.165, 1.54) is 10.5 Å². The van der Waals surface area contributed by atoms with Crippen LogP contribution in [0.25, 0.3) is 0 Å². The van der Waals surface area contributed by atoms with Crippen molar-refractivity contribution in [2.75, 3.05) is 0 Å². The highest BCUT2D eigenvalue weighted by Crippen LogP contribution is 2.27. The second-order valence-electron chi connectivity index (χ2n) is 4.18. The van der Waals surface area contributed by atoms with Gasteiger partial charge < -0.3 is 0 Å². The van der Waals surface area contributed by atoms with Gasteiger partial charge in [-0.15, -0.1) is 0 Å². The number of aromatic nitrogens is 2. The molecule has 1 aliphatic rings. The van der Waals surface area contributed by atoms with E-state index in [0.29, 0.717) is 11.0 Å². The molecule has 0 atom stereocenters. The Hall–Kier alpha value is -0.840. The number of nitrogens with zero attached hydrogens (tertiary/aromatic N) is 1. The van der Waals surface area contributed by atoms with Crippen LogP contribution in [0.2, 0.25) is 0 Å². The number of aromatic amines is 1. The molecule has 1 aliphatic carbocycles. The fourth-order valence-corrected chi connectivity index (χ4v) is 2.19. The highest BCUT2D eigenvalue weighted by atomic mass is 79.9. The second-order valence-corrected chi connectivity index (χ2v) is 5.03. The fraction of sp³-hybridized carbons (Fsp3) is 0.308. The first-order chi connectivity index (χ1) is 8.66. The van der Waals surface area contributed by atoms with Crippen LogP contribution in [0, 0.1) is 31.6 Å². The van der Waals surface area contributed by atoms with Gasteiger partial charge in [0.1, 0.15) is 0 Å². The summed E-state index contributed by atoms with van der Waals surface area (Å²) < 4.78 is 1.91. The molecule has 1 aromatic heterocycles. The average Bonchev–Trinajstić information content (AvgIpc) is 2.84. The molecule has 18 heavy (non-hydrogen) atoms. The third-order valence-electron chi connectivity index (χ3n) is 2.81. The molecule has 95 valence electrons. The first-order valence-electron chi connectivity index (χ1n) is 5.86. The lowest BCUT2D eigenvalue weighted by Gasteiger charge is -2.08. The van der Waals surface area contributed by atoms with Crippen molar-refractivity contribution >= 4 is 15.9 Å². The minimum absolute atomic E-state index is 0.350. The number of rotatable bonds is 5. The van der Waals surface area contributed by atoms with Crippen LogP contribution in [0.5, 0.6) is 0 Å². The Morgan fingerprint density at radius 1 is 1.17 bits per heavy atom. The van der Waals surface area contributed by atoms with Gasteiger partial charge in [-0.25, -0.2) is 4.79 Å². The Labute approximate surface area is 115 Å². The van der Waals surface area contributed by atoms with Crippen molar-refractivity contribution in [2.24, 2.45) is 0 Å². The summed E-state index contributed by atoms with van der Waals surface area (Å²) >= 11 is 3.12. The van der Waals surface area contributed by atoms with Gasteiger partial charge in [0.25, 0.3) is 5.56 Å². The number of nitrogens with one attached hydrogen (secondary N) is 1. The van der Waals surface area contributed by atoms with Crippen molar-refractivity contribution in [3.05, 3.63) is 63.1 Å². The topological polar surface area (TPSA) is 54.9 Å². The molecule has 0 amide bonds. The molecule has 5 radical (unpaired) electrons. The average molecular weight is 310 g/mol. The SMILES string of the molecule is O=c1[nH]c(=O)n(CCCC[C]2[CH][CH][CH][CH]2)cc1Br. The summed E-state index contributed by atoms with van der Waals surface area (Å²) in [5.41, 5.74) is -0.732. The van der Waals surface area contributed by atoms with Crippen molar-refractivity contribution in [3.63, 3.8) is 0 Å². The summed E-state index contributed by atoms with van der Waals surface area (Å²) in [4.78, 5) is 24.9. The molecular weight excluding hydrogens is 296 g/mol. The zero-order chi connectivity index (χ0) is 13.0. The van der Waals surface area contributed by atoms with Crippen LogP contribution < -0.4 is 11.2 Å². The molecule has 2 rings (SSSR count). The molecule has 0 bridgehead atoms. The number of unbranched alkanes of at least 4 members (excludes halogenated alkanes) is 1. The highest BCUT2D eigenvalue weighted by Gasteiger charge is 2.15. The van der Waals surface area contributed by atoms with E-state index in [0.717, 1.165) is 19.3 Å². The molecule has 5 heteroatoms. The second kappa shape index (κ2) is 6.36. The number of halogens is 1. The van der Waals surface area contributed by atoms with E-state index in [9.17, 15) is 9.59 Å². The summed E-state index contributed by atoms with van der Waals surface area (Å²) in [5.74, 6) is 1.32. The van der Waals surface area contributed by atoms with Crippen LogP contribution in [0.15, 0.2) is 20.3 Å². The molecule has 0 spiro atoms. The van der Waals surface area contributed by atoms with Crippen LogP contribution >= 0.6 is 15.9 Å². The third-order valence-corrected chi connectivity index (χ3v) is 3.38. The summed E-state index contributed by atoms with van der Waals surface area (Å²) in [6.07, 6.45) is 12.7. The maximum Gasteiger partial charge on any atom is 0.328 e. The monoisotopic (exact) mass is 309 g/mol.